The van der Waals surface area contributed by atoms with Crippen LogP contribution >= 0.6 is 0 Å². The number of benzene rings is 1. The molecule has 0 bridgehead atoms. The molecule has 1 saturated carbocycles. The monoisotopic (exact) mass is 422 g/mol. The smallest absolute Gasteiger partial charge is 0.275 e. The average Bonchev–Trinajstić information content (AvgIpc) is 3.61. The Morgan fingerprint density at radius 1 is 1.23 bits per heavy atom. The van der Waals surface area contributed by atoms with E-state index in [0.717, 1.165) is 10.5 Å². The highest BCUT2D eigenvalue weighted by Crippen LogP contribution is 2.18. The SMILES string of the molecule is C=C/C=C(C#Cc1ccc(C(=O)N(C)C(C(=O)NC)C(=O)NO)cc1)\C=C/NC1CC1. The summed E-state index contributed by atoms with van der Waals surface area (Å²) in [5.74, 6) is 3.78. The Balaban J connectivity index is 2.12. The zero-order valence-electron chi connectivity index (χ0n) is 17.5. The Morgan fingerprint density at radius 2 is 1.90 bits per heavy atom. The van der Waals surface area contributed by atoms with Crippen molar-refractivity contribution >= 4 is 17.7 Å². The van der Waals surface area contributed by atoms with Crippen LogP contribution in [0.1, 0.15) is 28.8 Å². The van der Waals surface area contributed by atoms with Gasteiger partial charge in [0.05, 0.1) is 0 Å². The summed E-state index contributed by atoms with van der Waals surface area (Å²) in [5.41, 5.74) is 3.14. The van der Waals surface area contributed by atoms with E-state index in [1.54, 1.807) is 36.4 Å². The van der Waals surface area contributed by atoms with Crippen LogP contribution in [0.4, 0.5) is 0 Å². The predicted molar refractivity (Wildman–Crippen MR) is 117 cm³/mol. The number of rotatable bonds is 8. The first-order valence-corrected chi connectivity index (χ1v) is 9.71. The van der Waals surface area contributed by atoms with Gasteiger partial charge in [-0.15, -0.1) is 0 Å². The molecule has 4 N–H and O–H groups in total. The third-order valence-electron chi connectivity index (χ3n) is 4.51. The van der Waals surface area contributed by atoms with Crippen molar-refractivity contribution in [3.05, 3.63) is 72.0 Å². The fourth-order valence-corrected chi connectivity index (χ4v) is 2.62. The van der Waals surface area contributed by atoms with Crippen LogP contribution in [0.25, 0.3) is 0 Å². The van der Waals surface area contributed by atoms with Gasteiger partial charge in [-0.25, -0.2) is 5.48 Å². The summed E-state index contributed by atoms with van der Waals surface area (Å²) in [5, 5.41) is 14.4. The minimum atomic E-state index is -1.51. The fraction of sp³-hybridized carbons (Fsp3) is 0.261. The maximum Gasteiger partial charge on any atom is 0.275 e. The molecule has 1 aliphatic carbocycles. The molecule has 31 heavy (non-hydrogen) atoms. The van der Waals surface area contributed by atoms with Crippen molar-refractivity contribution in [2.24, 2.45) is 0 Å². The summed E-state index contributed by atoms with van der Waals surface area (Å²) in [7, 11) is 2.64. The van der Waals surface area contributed by atoms with Crippen LogP contribution in [0.3, 0.4) is 0 Å². The Labute approximate surface area is 181 Å². The van der Waals surface area contributed by atoms with Gasteiger partial charge in [-0.3, -0.25) is 19.6 Å². The fourth-order valence-electron chi connectivity index (χ4n) is 2.62. The highest BCUT2D eigenvalue weighted by atomic mass is 16.5. The lowest BCUT2D eigenvalue weighted by atomic mass is 10.1. The summed E-state index contributed by atoms with van der Waals surface area (Å²) < 4.78 is 0. The Kier molecular flexibility index (Phi) is 8.61. The number of hydrogen-bond acceptors (Lipinski definition) is 5. The van der Waals surface area contributed by atoms with Crippen molar-refractivity contribution in [1.82, 2.24) is 21.0 Å². The topological polar surface area (TPSA) is 111 Å². The maximum atomic E-state index is 12.7. The van der Waals surface area contributed by atoms with Crippen molar-refractivity contribution in [3.63, 3.8) is 0 Å². The number of allylic oxidation sites excluding steroid dienone is 4. The molecule has 0 aliphatic heterocycles. The van der Waals surface area contributed by atoms with Crippen LogP contribution < -0.4 is 16.1 Å². The van der Waals surface area contributed by atoms with Crippen LogP contribution in [0.5, 0.6) is 0 Å². The molecular formula is C23H26N4O4. The van der Waals surface area contributed by atoms with Gasteiger partial charge in [0, 0.05) is 36.8 Å². The van der Waals surface area contributed by atoms with E-state index in [4.69, 9.17) is 5.21 Å². The van der Waals surface area contributed by atoms with E-state index in [-0.39, 0.29) is 5.56 Å². The molecule has 162 valence electrons. The lowest BCUT2D eigenvalue weighted by Gasteiger charge is -2.25. The number of carbonyl (C=O) groups excluding carboxylic acids is 3. The third kappa shape index (κ3) is 6.87. The van der Waals surface area contributed by atoms with E-state index in [2.05, 4.69) is 29.1 Å². The molecule has 0 spiro atoms. The molecule has 0 saturated heterocycles. The molecule has 0 heterocycles. The summed E-state index contributed by atoms with van der Waals surface area (Å²) in [6, 6.07) is 5.51. The lowest BCUT2D eigenvalue weighted by Crippen LogP contribution is -2.54. The molecule has 1 aromatic rings. The molecule has 1 aromatic carbocycles. The number of nitrogens with zero attached hydrogens (tertiary/aromatic N) is 1. The molecule has 8 heteroatoms. The third-order valence-corrected chi connectivity index (χ3v) is 4.51. The molecule has 1 aliphatic rings. The molecule has 0 aromatic heterocycles. The van der Waals surface area contributed by atoms with Gasteiger partial charge in [-0.05, 0) is 55.5 Å². The maximum absolute atomic E-state index is 12.7. The molecule has 8 nitrogen and oxygen atoms in total. The summed E-state index contributed by atoms with van der Waals surface area (Å²) in [4.78, 5) is 37.4. The first-order valence-electron chi connectivity index (χ1n) is 9.71. The number of hydrogen-bond donors (Lipinski definition) is 4. The van der Waals surface area contributed by atoms with E-state index in [1.807, 2.05) is 12.3 Å². The highest BCUT2D eigenvalue weighted by Gasteiger charge is 2.33. The van der Waals surface area contributed by atoms with Crippen LogP contribution in [0.15, 0.2) is 60.8 Å². The average molecular weight is 422 g/mol. The second-order valence-electron chi connectivity index (χ2n) is 6.87. The van der Waals surface area contributed by atoms with E-state index < -0.39 is 23.8 Å². The van der Waals surface area contributed by atoms with Gasteiger partial charge in [0.2, 0.25) is 0 Å². The second-order valence-corrected chi connectivity index (χ2v) is 6.87. The van der Waals surface area contributed by atoms with Crippen molar-refractivity contribution < 1.29 is 19.6 Å². The molecular weight excluding hydrogens is 396 g/mol. The molecule has 2 rings (SSSR count). The van der Waals surface area contributed by atoms with Crippen molar-refractivity contribution in [3.8, 4) is 11.8 Å². The normalized spacial score (nSPS) is 14.1. The number of nitrogens with one attached hydrogen (secondary N) is 3. The van der Waals surface area contributed by atoms with E-state index in [9.17, 15) is 14.4 Å². The standard InChI is InChI=1S/C23H26N4O4/c1-4-5-16(14-15-25-19-12-13-19)6-7-17-8-10-18(11-9-17)23(30)27(3)20(21(28)24-2)22(29)26-31/h4-5,8-11,14-15,19-20,25,31H,1,12-13H2,2-3H3,(H,24,28)(H,26,29)/b15-14-,16-5-. The minimum absolute atomic E-state index is 0.267. The summed E-state index contributed by atoms with van der Waals surface area (Å²) in [6.07, 6.45) is 9.59. The Bertz CT molecular complexity index is 934. The van der Waals surface area contributed by atoms with Gasteiger partial charge in [0.1, 0.15) is 0 Å². The van der Waals surface area contributed by atoms with E-state index in [0.29, 0.717) is 11.6 Å². The second kappa shape index (κ2) is 11.4. The van der Waals surface area contributed by atoms with Crippen LogP contribution in [-0.4, -0.2) is 54.0 Å². The Morgan fingerprint density at radius 3 is 2.45 bits per heavy atom. The molecule has 3 amide bonds. The minimum Gasteiger partial charge on any atom is -0.388 e. The summed E-state index contributed by atoms with van der Waals surface area (Å²) in [6.45, 7) is 3.70. The van der Waals surface area contributed by atoms with E-state index in [1.165, 1.54) is 32.4 Å². The van der Waals surface area contributed by atoms with Crippen LogP contribution in [-0.2, 0) is 9.59 Å². The number of likely N-dealkylation sites (N-methyl/N-ethyl adjacent to an activating group) is 2. The van der Waals surface area contributed by atoms with Crippen molar-refractivity contribution in [2.45, 2.75) is 24.9 Å². The zero-order valence-corrected chi connectivity index (χ0v) is 17.5. The Hall–Kier alpha value is -3.83. The molecule has 1 unspecified atom stereocenters. The predicted octanol–water partition coefficient (Wildman–Crippen LogP) is 1.11. The summed E-state index contributed by atoms with van der Waals surface area (Å²) >= 11 is 0. The van der Waals surface area contributed by atoms with Gasteiger partial charge >= 0.3 is 0 Å². The van der Waals surface area contributed by atoms with Gasteiger partial charge in [0.25, 0.3) is 17.7 Å². The number of amides is 3. The largest absolute Gasteiger partial charge is 0.388 e. The quantitative estimate of drug-likeness (QED) is 0.165. The zero-order chi connectivity index (χ0) is 22.8. The number of hydroxylamine groups is 1. The van der Waals surface area contributed by atoms with Gasteiger partial charge in [0.15, 0.2) is 6.04 Å². The van der Waals surface area contributed by atoms with Gasteiger partial charge in [-0.2, -0.15) is 0 Å². The van der Waals surface area contributed by atoms with Crippen molar-refractivity contribution in [2.75, 3.05) is 14.1 Å². The lowest BCUT2D eigenvalue weighted by molar-refractivity contribution is -0.140. The van der Waals surface area contributed by atoms with Crippen molar-refractivity contribution in [1.29, 1.82) is 0 Å². The molecule has 1 fully saturated rings. The highest BCUT2D eigenvalue weighted by molar-refractivity contribution is 6.08. The number of carbonyl (C=O) groups is 3. The molecule has 0 radical (unpaired) electrons. The molecule has 1 atom stereocenters. The first-order chi connectivity index (χ1) is 14.9. The van der Waals surface area contributed by atoms with Gasteiger partial charge < -0.3 is 15.5 Å². The van der Waals surface area contributed by atoms with E-state index >= 15 is 0 Å². The first kappa shape index (κ1) is 23.4. The van der Waals surface area contributed by atoms with Crippen LogP contribution in [0, 0.1) is 11.8 Å². The van der Waals surface area contributed by atoms with Crippen LogP contribution in [0.2, 0.25) is 0 Å². The van der Waals surface area contributed by atoms with Gasteiger partial charge in [-0.1, -0.05) is 24.5 Å².